The third-order valence-corrected chi connectivity index (χ3v) is 4.59. The van der Waals surface area contributed by atoms with E-state index in [0.717, 1.165) is 24.8 Å². The zero-order valence-electron chi connectivity index (χ0n) is 11.4. The molecule has 3 atom stereocenters. The van der Waals surface area contributed by atoms with Crippen molar-refractivity contribution in [1.82, 2.24) is 0 Å². The molecule has 0 amide bonds. The van der Waals surface area contributed by atoms with E-state index in [4.69, 9.17) is 0 Å². The minimum atomic E-state index is -0.957. The molecule has 3 unspecified atom stereocenters. The smallest absolute Gasteiger partial charge is 0.314 e. The van der Waals surface area contributed by atoms with Crippen molar-refractivity contribution in [3.63, 3.8) is 0 Å². The summed E-state index contributed by atoms with van der Waals surface area (Å²) in [6, 6.07) is 9.39. The largest absolute Gasteiger partial charge is 0.481 e. The molecule has 1 aromatic carbocycles. The van der Waals surface area contributed by atoms with Gasteiger partial charge in [-0.1, -0.05) is 50.1 Å². The van der Waals surface area contributed by atoms with E-state index in [1.807, 2.05) is 37.3 Å². The van der Waals surface area contributed by atoms with Gasteiger partial charge in [0.05, 0.1) is 11.5 Å². The highest BCUT2D eigenvalue weighted by Crippen LogP contribution is 2.43. The van der Waals surface area contributed by atoms with Gasteiger partial charge in [-0.05, 0) is 24.8 Å². The molecule has 2 rings (SSSR count). The molecule has 1 saturated carbocycles. The minimum absolute atomic E-state index is 0.189. The Morgan fingerprint density at radius 1 is 1.26 bits per heavy atom. The van der Waals surface area contributed by atoms with Crippen LogP contribution in [0.1, 0.15) is 44.6 Å². The predicted molar refractivity (Wildman–Crippen MR) is 74.0 cm³/mol. The summed E-state index contributed by atoms with van der Waals surface area (Å²) in [7, 11) is 0. The Hall–Kier alpha value is -1.35. The maximum absolute atomic E-state index is 12.0. The summed E-state index contributed by atoms with van der Waals surface area (Å²) in [4.78, 5) is 12.0. The molecule has 3 heteroatoms. The monoisotopic (exact) mass is 262 g/mol. The van der Waals surface area contributed by atoms with Gasteiger partial charge in [-0.3, -0.25) is 4.79 Å². The molecule has 1 fully saturated rings. The minimum Gasteiger partial charge on any atom is -0.481 e. The lowest BCUT2D eigenvalue weighted by atomic mass is 9.62. The van der Waals surface area contributed by atoms with E-state index < -0.39 is 17.5 Å². The fraction of sp³-hybridized carbons (Fsp3) is 0.562. The van der Waals surface area contributed by atoms with E-state index in [1.54, 1.807) is 0 Å². The topological polar surface area (TPSA) is 57.5 Å². The lowest BCUT2D eigenvalue weighted by Crippen LogP contribution is -2.48. The normalized spacial score (nSPS) is 26.6. The van der Waals surface area contributed by atoms with E-state index in [0.29, 0.717) is 12.8 Å². The van der Waals surface area contributed by atoms with Crippen LogP contribution in [0.25, 0.3) is 0 Å². The molecule has 0 aromatic heterocycles. The van der Waals surface area contributed by atoms with E-state index in [2.05, 4.69) is 0 Å². The van der Waals surface area contributed by atoms with Crippen LogP contribution >= 0.6 is 0 Å². The molecule has 1 aliphatic rings. The molecule has 104 valence electrons. The molecule has 19 heavy (non-hydrogen) atoms. The van der Waals surface area contributed by atoms with Crippen LogP contribution in [0.2, 0.25) is 0 Å². The molecule has 2 N–H and O–H groups in total. The summed E-state index contributed by atoms with van der Waals surface area (Å²) in [5.74, 6) is -1.00. The average molecular weight is 262 g/mol. The van der Waals surface area contributed by atoms with Crippen LogP contribution in [0, 0.1) is 5.92 Å². The van der Waals surface area contributed by atoms with Crippen molar-refractivity contribution in [2.75, 3.05) is 0 Å². The molecular formula is C16H22O3. The fourth-order valence-electron chi connectivity index (χ4n) is 3.54. The van der Waals surface area contributed by atoms with Gasteiger partial charge in [-0.2, -0.15) is 0 Å². The highest BCUT2D eigenvalue weighted by Gasteiger charge is 2.49. The highest BCUT2D eigenvalue weighted by molar-refractivity contribution is 5.82. The molecular weight excluding hydrogens is 240 g/mol. The van der Waals surface area contributed by atoms with Crippen LogP contribution in [0.5, 0.6) is 0 Å². The Morgan fingerprint density at radius 2 is 1.89 bits per heavy atom. The molecule has 0 radical (unpaired) electrons. The zero-order valence-corrected chi connectivity index (χ0v) is 11.4. The van der Waals surface area contributed by atoms with Crippen molar-refractivity contribution in [1.29, 1.82) is 0 Å². The average Bonchev–Trinajstić information content (AvgIpc) is 2.43. The van der Waals surface area contributed by atoms with Crippen molar-refractivity contribution in [3.05, 3.63) is 35.9 Å². The SMILES string of the molecule is CCC(C(=O)O)(c1ccccc1)C1CCCCC1O. The van der Waals surface area contributed by atoms with Crippen LogP contribution in [-0.2, 0) is 10.2 Å². The van der Waals surface area contributed by atoms with Crippen LogP contribution in [0.15, 0.2) is 30.3 Å². The molecule has 0 saturated heterocycles. The van der Waals surface area contributed by atoms with Gasteiger partial charge in [0.25, 0.3) is 0 Å². The number of carboxylic acid groups (broad SMARTS) is 1. The second-order valence-corrected chi connectivity index (χ2v) is 5.45. The van der Waals surface area contributed by atoms with E-state index >= 15 is 0 Å². The first-order chi connectivity index (χ1) is 9.13. The summed E-state index contributed by atoms with van der Waals surface area (Å²) >= 11 is 0. The molecule has 1 aromatic rings. The summed E-state index contributed by atoms with van der Waals surface area (Å²) in [6.45, 7) is 1.91. The van der Waals surface area contributed by atoms with Crippen molar-refractivity contribution in [2.24, 2.45) is 5.92 Å². The number of carbonyl (C=O) groups is 1. The number of hydrogen-bond donors (Lipinski definition) is 2. The Balaban J connectivity index is 2.48. The molecule has 0 heterocycles. The Morgan fingerprint density at radius 3 is 2.42 bits per heavy atom. The van der Waals surface area contributed by atoms with Gasteiger partial charge in [0.1, 0.15) is 0 Å². The first kappa shape index (κ1) is 14.1. The number of hydrogen-bond acceptors (Lipinski definition) is 2. The van der Waals surface area contributed by atoms with Crippen molar-refractivity contribution < 1.29 is 15.0 Å². The molecule has 0 aliphatic heterocycles. The maximum atomic E-state index is 12.0. The third kappa shape index (κ3) is 2.39. The molecule has 3 nitrogen and oxygen atoms in total. The Labute approximate surface area is 114 Å². The van der Waals surface area contributed by atoms with Crippen LogP contribution < -0.4 is 0 Å². The van der Waals surface area contributed by atoms with Crippen LogP contribution in [0.4, 0.5) is 0 Å². The summed E-state index contributed by atoms with van der Waals surface area (Å²) in [5, 5.41) is 20.1. The van der Waals surface area contributed by atoms with Gasteiger partial charge in [0, 0.05) is 5.92 Å². The molecule has 0 spiro atoms. The van der Waals surface area contributed by atoms with Gasteiger partial charge >= 0.3 is 5.97 Å². The van der Waals surface area contributed by atoms with Gasteiger partial charge < -0.3 is 10.2 Å². The first-order valence-electron chi connectivity index (χ1n) is 7.10. The molecule has 0 bridgehead atoms. The maximum Gasteiger partial charge on any atom is 0.314 e. The lowest BCUT2D eigenvalue weighted by Gasteiger charge is -2.42. The Kier molecular flexibility index (Phi) is 4.25. The number of aliphatic hydroxyl groups is 1. The van der Waals surface area contributed by atoms with Crippen molar-refractivity contribution in [3.8, 4) is 0 Å². The van der Waals surface area contributed by atoms with E-state index in [-0.39, 0.29) is 5.92 Å². The zero-order chi connectivity index (χ0) is 13.9. The van der Waals surface area contributed by atoms with Crippen molar-refractivity contribution >= 4 is 5.97 Å². The van der Waals surface area contributed by atoms with Crippen LogP contribution in [-0.4, -0.2) is 22.3 Å². The standard InChI is InChI=1S/C16H22O3/c1-2-16(15(18)19,12-8-4-3-5-9-12)13-10-6-7-11-14(13)17/h3-5,8-9,13-14,17H,2,6-7,10-11H2,1H3,(H,18,19). The van der Waals surface area contributed by atoms with Gasteiger partial charge in [0.2, 0.25) is 0 Å². The number of aliphatic hydroxyl groups excluding tert-OH is 1. The Bertz CT molecular complexity index is 429. The number of aliphatic carboxylic acids is 1. The fourth-order valence-corrected chi connectivity index (χ4v) is 3.54. The third-order valence-electron chi connectivity index (χ3n) is 4.59. The van der Waals surface area contributed by atoms with Crippen LogP contribution in [0.3, 0.4) is 0 Å². The summed E-state index contributed by atoms with van der Waals surface area (Å²) in [5.41, 5.74) is -0.142. The predicted octanol–water partition coefficient (Wildman–Crippen LogP) is 2.97. The van der Waals surface area contributed by atoms with Crippen molar-refractivity contribution in [2.45, 2.75) is 50.5 Å². The number of carboxylic acids is 1. The van der Waals surface area contributed by atoms with Gasteiger partial charge in [0.15, 0.2) is 0 Å². The van der Waals surface area contributed by atoms with E-state index in [1.165, 1.54) is 0 Å². The van der Waals surface area contributed by atoms with Gasteiger partial charge in [-0.25, -0.2) is 0 Å². The number of rotatable bonds is 4. The van der Waals surface area contributed by atoms with Gasteiger partial charge in [-0.15, -0.1) is 0 Å². The lowest BCUT2D eigenvalue weighted by molar-refractivity contribution is -0.150. The number of benzene rings is 1. The van der Waals surface area contributed by atoms with E-state index in [9.17, 15) is 15.0 Å². The summed E-state index contributed by atoms with van der Waals surface area (Å²) in [6.07, 6.45) is 3.50. The second-order valence-electron chi connectivity index (χ2n) is 5.45. The molecule has 1 aliphatic carbocycles. The quantitative estimate of drug-likeness (QED) is 0.877. The first-order valence-corrected chi connectivity index (χ1v) is 7.10. The highest BCUT2D eigenvalue weighted by atomic mass is 16.4. The second kappa shape index (κ2) is 5.74. The summed E-state index contributed by atoms with van der Waals surface area (Å²) < 4.78 is 0.